The maximum absolute atomic E-state index is 5.37. The molecule has 0 amide bonds. The average molecular weight is 651 g/mol. The molecule has 0 bridgehead atoms. The first-order valence-electron chi connectivity index (χ1n) is 17.2. The highest BCUT2D eigenvalue weighted by molar-refractivity contribution is 6.19. The second kappa shape index (κ2) is 11.9. The smallest absolute Gasteiger partial charge is 0.235 e. The third-order valence-electron chi connectivity index (χ3n) is 9.81. The van der Waals surface area contributed by atoms with Crippen molar-refractivity contribution in [3.63, 3.8) is 0 Å². The monoisotopic (exact) mass is 650 g/mol. The Morgan fingerprint density at radius 3 is 1.71 bits per heavy atom. The topological polar surface area (TPSA) is 41.9 Å². The number of hydrogen-bond acceptors (Lipinski definition) is 4. The Labute approximate surface area is 296 Å². The molecule has 9 aromatic rings. The van der Waals surface area contributed by atoms with Crippen LogP contribution in [0.15, 0.2) is 182 Å². The largest absolute Gasteiger partial charge is 0.278 e. The van der Waals surface area contributed by atoms with Crippen molar-refractivity contribution in [2.75, 3.05) is 4.90 Å². The van der Waals surface area contributed by atoms with Gasteiger partial charge in [0, 0.05) is 27.5 Å². The minimum absolute atomic E-state index is 0.610. The van der Waals surface area contributed by atoms with E-state index in [0.29, 0.717) is 5.95 Å². The SMILES string of the molecule is c1ccc(-c2ccc(-c3cc(-c4cccc(-c5ccccc5)c4)nc(N4c5ccccc5-c5nc6ccccc6c6cccc4c56)n3)cc2)cc1. The first-order valence-corrected chi connectivity index (χ1v) is 17.2. The van der Waals surface area contributed by atoms with Crippen LogP contribution in [0.5, 0.6) is 0 Å². The molecule has 3 heterocycles. The number of hydrogen-bond donors (Lipinski definition) is 0. The van der Waals surface area contributed by atoms with Gasteiger partial charge in [-0.2, -0.15) is 0 Å². The second-order valence-electron chi connectivity index (χ2n) is 12.9. The predicted molar refractivity (Wildman–Crippen MR) is 210 cm³/mol. The number of para-hydroxylation sites is 2. The Morgan fingerprint density at radius 1 is 0.353 bits per heavy atom. The highest BCUT2D eigenvalue weighted by Gasteiger charge is 2.30. The van der Waals surface area contributed by atoms with Gasteiger partial charge in [0.15, 0.2) is 0 Å². The van der Waals surface area contributed by atoms with Gasteiger partial charge in [0.2, 0.25) is 5.95 Å². The highest BCUT2D eigenvalue weighted by atomic mass is 15.3. The number of pyridine rings is 1. The van der Waals surface area contributed by atoms with E-state index in [0.717, 1.165) is 77.9 Å². The molecule has 0 fully saturated rings. The Balaban J connectivity index is 1.21. The lowest BCUT2D eigenvalue weighted by molar-refractivity contribution is 1.09. The fourth-order valence-corrected chi connectivity index (χ4v) is 7.37. The van der Waals surface area contributed by atoms with Crippen molar-refractivity contribution in [1.82, 2.24) is 15.0 Å². The summed E-state index contributed by atoms with van der Waals surface area (Å²) >= 11 is 0. The lowest BCUT2D eigenvalue weighted by Crippen LogP contribution is -2.18. The molecule has 2 aromatic heterocycles. The minimum atomic E-state index is 0.610. The van der Waals surface area contributed by atoms with Gasteiger partial charge in [-0.1, -0.05) is 152 Å². The maximum atomic E-state index is 5.37. The van der Waals surface area contributed by atoms with E-state index in [1.54, 1.807) is 0 Å². The number of fused-ring (bicyclic) bond motifs is 4. The quantitative estimate of drug-likeness (QED) is 0.174. The van der Waals surface area contributed by atoms with Crippen LogP contribution in [0.25, 0.3) is 77.7 Å². The van der Waals surface area contributed by atoms with Crippen LogP contribution in [0.2, 0.25) is 0 Å². The third kappa shape index (κ3) is 4.96. The molecule has 0 saturated carbocycles. The number of benzene rings is 7. The average Bonchev–Trinajstić information content (AvgIpc) is 3.21. The molecular formula is C47H30N4. The Morgan fingerprint density at radius 2 is 0.902 bits per heavy atom. The van der Waals surface area contributed by atoms with Gasteiger partial charge in [0.05, 0.1) is 34.0 Å². The molecular weight excluding hydrogens is 621 g/mol. The standard InChI is InChI=1S/C47H30N4/c1-3-13-31(14-4-1)33-25-27-34(28-26-33)41-30-42(36-18-11-17-35(29-36)32-15-5-2-6-16-32)50-47(49-41)51-43-23-10-8-20-39(43)46-45-38(21-12-24-44(45)51)37-19-7-9-22-40(37)48-46/h1-30H. The molecule has 0 radical (unpaired) electrons. The number of anilines is 3. The van der Waals surface area contributed by atoms with Crippen LogP contribution in [0, 0.1) is 0 Å². The highest BCUT2D eigenvalue weighted by Crippen LogP contribution is 2.51. The molecule has 0 unspecified atom stereocenters. The summed E-state index contributed by atoms with van der Waals surface area (Å²) in [5, 5.41) is 3.39. The summed E-state index contributed by atoms with van der Waals surface area (Å²) in [4.78, 5) is 18.2. The van der Waals surface area contributed by atoms with Gasteiger partial charge < -0.3 is 0 Å². The Kier molecular flexibility index (Phi) is 6.78. The molecule has 4 heteroatoms. The molecule has 238 valence electrons. The number of aromatic nitrogens is 3. The third-order valence-corrected chi connectivity index (χ3v) is 9.81. The molecule has 0 atom stereocenters. The van der Waals surface area contributed by atoms with Gasteiger partial charge >= 0.3 is 0 Å². The zero-order chi connectivity index (χ0) is 33.7. The van der Waals surface area contributed by atoms with Crippen LogP contribution in [0.1, 0.15) is 0 Å². The van der Waals surface area contributed by atoms with Gasteiger partial charge in [-0.3, -0.25) is 4.90 Å². The number of rotatable bonds is 5. The van der Waals surface area contributed by atoms with Gasteiger partial charge in [-0.15, -0.1) is 0 Å². The first-order chi connectivity index (χ1) is 25.3. The summed E-state index contributed by atoms with van der Waals surface area (Å²) in [5.74, 6) is 0.610. The van der Waals surface area contributed by atoms with Gasteiger partial charge in [0.25, 0.3) is 0 Å². The van der Waals surface area contributed by atoms with Crippen LogP contribution >= 0.6 is 0 Å². The van der Waals surface area contributed by atoms with Crippen molar-refractivity contribution < 1.29 is 0 Å². The van der Waals surface area contributed by atoms with Crippen molar-refractivity contribution >= 4 is 39.0 Å². The molecule has 51 heavy (non-hydrogen) atoms. The summed E-state index contributed by atoms with van der Waals surface area (Å²) in [5.41, 5.74) is 13.4. The van der Waals surface area contributed by atoms with Gasteiger partial charge in [-0.05, 0) is 58.0 Å². The van der Waals surface area contributed by atoms with Gasteiger partial charge in [0.1, 0.15) is 0 Å². The zero-order valence-electron chi connectivity index (χ0n) is 27.6. The van der Waals surface area contributed by atoms with Gasteiger partial charge in [-0.25, -0.2) is 15.0 Å². The molecule has 10 rings (SSSR count). The molecule has 1 aliphatic rings. The fourth-order valence-electron chi connectivity index (χ4n) is 7.37. The fraction of sp³-hybridized carbons (Fsp3) is 0. The predicted octanol–water partition coefficient (Wildman–Crippen LogP) is 12.3. The maximum Gasteiger partial charge on any atom is 0.235 e. The van der Waals surface area contributed by atoms with E-state index in [9.17, 15) is 0 Å². The Bertz CT molecular complexity index is 2740. The normalized spacial score (nSPS) is 11.9. The van der Waals surface area contributed by atoms with E-state index < -0.39 is 0 Å². The van der Waals surface area contributed by atoms with Crippen LogP contribution in [-0.2, 0) is 0 Å². The van der Waals surface area contributed by atoms with E-state index in [-0.39, 0.29) is 0 Å². The Hall–Kier alpha value is -6.91. The van der Waals surface area contributed by atoms with Crippen molar-refractivity contribution in [3.8, 4) is 56.0 Å². The minimum Gasteiger partial charge on any atom is -0.278 e. The van der Waals surface area contributed by atoms with E-state index >= 15 is 0 Å². The van der Waals surface area contributed by atoms with Crippen molar-refractivity contribution in [2.45, 2.75) is 0 Å². The van der Waals surface area contributed by atoms with Crippen molar-refractivity contribution in [3.05, 3.63) is 182 Å². The summed E-state index contributed by atoms with van der Waals surface area (Å²) in [6.45, 7) is 0. The second-order valence-corrected chi connectivity index (χ2v) is 12.9. The lowest BCUT2D eigenvalue weighted by atomic mass is 9.93. The molecule has 0 saturated heterocycles. The molecule has 0 spiro atoms. The van der Waals surface area contributed by atoms with Crippen LogP contribution in [-0.4, -0.2) is 15.0 Å². The van der Waals surface area contributed by atoms with Crippen LogP contribution in [0.3, 0.4) is 0 Å². The van der Waals surface area contributed by atoms with E-state index in [1.165, 1.54) is 11.1 Å². The van der Waals surface area contributed by atoms with Crippen molar-refractivity contribution in [1.29, 1.82) is 0 Å². The summed E-state index contributed by atoms with van der Waals surface area (Å²) in [6, 6.07) is 63.7. The van der Waals surface area contributed by atoms with Crippen LogP contribution in [0.4, 0.5) is 17.3 Å². The number of nitrogens with zero attached hydrogens (tertiary/aromatic N) is 4. The molecule has 0 aliphatic carbocycles. The lowest BCUT2D eigenvalue weighted by Gasteiger charge is -2.32. The summed E-state index contributed by atoms with van der Waals surface area (Å²) in [6.07, 6.45) is 0. The first kappa shape index (κ1) is 29.0. The zero-order valence-corrected chi connectivity index (χ0v) is 27.6. The molecule has 0 N–H and O–H groups in total. The summed E-state index contributed by atoms with van der Waals surface area (Å²) in [7, 11) is 0. The van der Waals surface area contributed by atoms with E-state index in [4.69, 9.17) is 15.0 Å². The van der Waals surface area contributed by atoms with Crippen LogP contribution < -0.4 is 4.90 Å². The summed E-state index contributed by atoms with van der Waals surface area (Å²) < 4.78 is 0. The van der Waals surface area contributed by atoms with E-state index in [2.05, 4.69) is 175 Å². The molecule has 4 nitrogen and oxygen atoms in total. The molecule has 1 aliphatic heterocycles. The van der Waals surface area contributed by atoms with E-state index in [1.807, 2.05) is 12.1 Å². The van der Waals surface area contributed by atoms with Crippen molar-refractivity contribution in [2.24, 2.45) is 0 Å². The molecule has 7 aromatic carbocycles.